The molecule has 0 bridgehead atoms. The number of rotatable bonds is 6. The van der Waals surface area contributed by atoms with Crippen LogP contribution in [0.5, 0.6) is 0 Å². The second kappa shape index (κ2) is 9.11. The van der Waals surface area contributed by atoms with Crippen LogP contribution in [0.4, 0.5) is 11.6 Å². The third kappa shape index (κ3) is 4.86. The molecule has 1 aliphatic heterocycles. The molecule has 2 aromatic rings. The molecule has 1 fully saturated rings. The molecule has 33 heavy (non-hydrogen) atoms. The lowest BCUT2D eigenvalue weighted by molar-refractivity contribution is -0.140. The summed E-state index contributed by atoms with van der Waals surface area (Å²) in [6.07, 6.45) is 4.59. The number of anilines is 2. The highest BCUT2D eigenvalue weighted by atomic mass is 35.5. The topological polar surface area (TPSA) is 121 Å². The Balaban J connectivity index is 1.49. The zero-order chi connectivity index (χ0) is 23.8. The van der Waals surface area contributed by atoms with Gasteiger partial charge in [0.2, 0.25) is 5.95 Å². The predicted molar refractivity (Wildman–Crippen MR) is 124 cm³/mol. The van der Waals surface area contributed by atoms with E-state index in [4.69, 9.17) is 11.6 Å². The molecule has 2 amide bonds. The molecule has 4 rings (SSSR count). The van der Waals surface area contributed by atoms with Crippen molar-refractivity contribution >= 4 is 45.1 Å². The standard InChI is InChI=1S/C22H24ClN5O4S/c1-13-12-14(2)25-22(24-13)27-33(31,32)17-10-8-15(9-11-17)26-19-18(23)20(29)28(21(19)30)16-6-4-3-5-7-16/h8-12,16,26H,3-7H2,1-2H3,(H,24,25,27). The number of amides is 2. The van der Waals surface area contributed by atoms with Gasteiger partial charge in [-0.1, -0.05) is 30.9 Å². The van der Waals surface area contributed by atoms with Crippen LogP contribution >= 0.6 is 11.6 Å². The third-order valence-corrected chi connectivity index (χ3v) is 7.34. The van der Waals surface area contributed by atoms with Crippen molar-refractivity contribution in [2.45, 2.75) is 56.9 Å². The largest absolute Gasteiger partial charge is 0.350 e. The molecule has 1 aliphatic carbocycles. The molecular weight excluding hydrogens is 466 g/mol. The van der Waals surface area contributed by atoms with E-state index in [0.717, 1.165) is 32.1 Å². The number of nitrogens with one attached hydrogen (secondary N) is 2. The Bertz CT molecular complexity index is 1220. The summed E-state index contributed by atoms with van der Waals surface area (Å²) in [6.45, 7) is 3.49. The zero-order valence-corrected chi connectivity index (χ0v) is 19.8. The lowest BCUT2D eigenvalue weighted by atomic mass is 9.94. The Kier molecular flexibility index (Phi) is 6.40. The number of carbonyl (C=O) groups excluding carboxylic acids is 2. The first kappa shape index (κ1) is 23.2. The van der Waals surface area contributed by atoms with Crippen molar-refractivity contribution in [3.05, 3.63) is 52.4 Å². The van der Waals surface area contributed by atoms with Crippen molar-refractivity contribution in [1.29, 1.82) is 0 Å². The van der Waals surface area contributed by atoms with Crippen LogP contribution in [0.25, 0.3) is 0 Å². The summed E-state index contributed by atoms with van der Waals surface area (Å²) < 4.78 is 27.8. The second-order valence-electron chi connectivity index (χ2n) is 8.19. The summed E-state index contributed by atoms with van der Waals surface area (Å²) >= 11 is 6.19. The normalized spacial score (nSPS) is 17.6. The van der Waals surface area contributed by atoms with Crippen LogP contribution in [0.1, 0.15) is 43.5 Å². The van der Waals surface area contributed by atoms with Crippen molar-refractivity contribution in [3.8, 4) is 0 Å². The van der Waals surface area contributed by atoms with Crippen molar-refractivity contribution in [2.75, 3.05) is 10.0 Å². The number of hydrogen-bond acceptors (Lipinski definition) is 7. The quantitative estimate of drug-likeness (QED) is 0.596. The highest BCUT2D eigenvalue weighted by Crippen LogP contribution is 2.32. The fourth-order valence-electron chi connectivity index (χ4n) is 4.11. The first-order valence-electron chi connectivity index (χ1n) is 10.7. The highest BCUT2D eigenvalue weighted by molar-refractivity contribution is 7.92. The summed E-state index contributed by atoms with van der Waals surface area (Å²) in [6, 6.07) is 7.34. The smallest absolute Gasteiger partial charge is 0.279 e. The molecule has 0 unspecified atom stereocenters. The van der Waals surface area contributed by atoms with Crippen molar-refractivity contribution < 1.29 is 18.0 Å². The number of nitrogens with zero attached hydrogens (tertiary/aromatic N) is 3. The molecule has 0 atom stereocenters. The Morgan fingerprint density at radius 3 is 2.18 bits per heavy atom. The Labute approximate surface area is 197 Å². The average molecular weight is 490 g/mol. The summed E-state index contributed by atoms with van der Waals surface area (Å²) in [5.41, 5.74) is 1.71. The monoisotopic (exact) mass is 489 g/mol. The van der Waals surface area contributed by atoms with Gasteiger partial charge in [-0.25, -0.2) is 23.1 Å². The van der Waals surface area contributed by atoms with Crippen LogP contribution in [0, 0.1) is 13.8 Å². The van der Waals surface area contributed by atoms with E-state index in [1.54, 1.807) is 19.9 Å². The Hall–Kier alpha value is -2.98. The van der Waals surface area contributed by atoms with E-state index in [2.05, 4.69) is 20.0 Å². The first-order chi connectivity index (χ1) is 15.7. The zero-order valence-electron chi connectivity index (χ0n) is 18.3. The molecule has 0 saturated heterocycles. The molecule has 2 heterocycles. The summed E-state index contributed by atoms with van der Waals surface area (Å²) in [4.78, 5) is 34.9. The lowest BCUT2D eigenvalue weighted by Crippen LogP contribution is -2.42. The van der Waals surface area contributed by atoms with Gasteiger partial charge in [0.1, 0.15) is 10.7 Å². The number of carbonyl (C=O) groups is 2. The highest BCUT2D eigenvalue weighted by Gasteiger charge is 2.42. The van der Waals surface area contributed by atoms with Gasteiger partial charge in [-0.05, 0) is 57.0 Å². The molecule has 11 heteroatoms. The van der Waals surface area contributed by atoms with E-state index in [1.807, 2.05) is 0 Å². The Morgan fingerprint density at radius 1 is 0.970 bits per heavy atom. The van der Waals surface area contributed by atoms with Crippen molar-refractivity contribution in [2.24, 2.45) is 0 Å². The molecule has 1 aromatic carbocycles. The van der Waals surface area contributed by atoms with Gasteiger partial charge >= 0.3 is 0 Å². The van der Waals surface area contributed by atoms with Gasteiger partial charge in [0.25, 0.3) is 21.8 Å². The lowest BCUT2D eigenvalue weighted by Gasteiger charge is -2.29. The van der Waals surface area contributed by atoms with Crippen LogP contribution in [0.15, 0.2) is 46.0 Å². The maximum atomic E-state index is 12.9. The van der Waals surface area contributed by atoms with Crippen LogP contribution in [-0.2, 0) is 19.6 Å². The van der Waals surface area contributed by atoms with Gasteiger partial charge in [-0.2, -0.15) is 0 Å². The third-order valence-electron chi connectivity index (χ3n) is 5.64. The molecule has 0 radical (unpaired) electrons. The van der Waals surface area contributed by atoms with Crippen LogP contribution in [0.3, 0.4) is 0 Å². The van der Waals surface area contributed by atoms with Gasteiger partial charge in [-0.3, -0.25) is 14.5 Å². The number of sulfonamides is 1. The number of hydrogen-bond donors (Lipinski definition) is 2. The minimum atomic E-state index is -3.91. The van der Waals surface area contributed by atoms with E-state index in [9.17, 15) is 18.0 Å². The molecule has 1 aromatic heterocycles. The summed E-state index contributed by atoms with van der Waals surface area (Å²) in [5, 5.41) is 2.72. The van der Waals surface area contributed by atoms with E-state index >= 15 is 0 Å². The maximum Gasteiger partial charge on any atom is 0.279 e. The molecule has 2 aliphatic rings. The molecule has 1 saturated carbocycles. The SMILES string of the molecule is Cc1cc(C)nc(NS(=O)(=O)c2ccc(NC3=C(Cl)C(=O)N(C4CCCCC4)C3=O)cc2)n1. The van der Waals surface area contributed by atoms with E-state index in [0.29, 0.717) is 17.1 Å². The maximum absolute atomic E-state index is 12.9. The molecule has 2 N–H and O–H groups in total. The van der Waals surface area contributed by atoms with Gasteiger partial charge < -0.3 is 5.32 Å². The van der Waals surface area contributed by atoms with E-state index < -0.39 is 21.8 Å². The van der Waals surface area contributed by atoms with Crippen LogP contribution in [0.2, 0.25) is 0 Å². The van der Waals surface area contributed by atoms with Gasteiger partial charge in [0.15, 0.2) is 0 Å². The van der Waals surface area contributed by atoms with Crippen molar-refractivity contribution in [3.63, 3.8) is 0 Å². The number of benzene rings is 1. The number of halogens is 1. The minimum absolute atomic E-state index is 0.00427. The van der Waals surface area contributed by atoms with Gasteiger partial charge in [-0.15, -0.1) is 0 Å². The minimum Gasteiger partial charge on any atom is -0.350 e. The number of aryl methyl sites for hydroxylation is 2. The number of imide groups is 1. The van der Waals surface area contributed by atoms with Gasteiger partial charge in [0, 0.05) is 23.1 Å². The molecule has 0 spiro atoms. The van der Waals surface area contributed by atoms with Crippen LogP contribution < -0.4 is 10.0 Å². The molecular formula is C22H24ClN5O4S. The fourth-order valence-corrected chi connectivity index (χ4v) is 5.27. The van der Waals surface area contributed by atoms with Crippen molar-refractivity contribution in [1.82, 2.24) is 14.9 Å². The number of aromatic nitrogens is 2. The average Bonchev–Trinajstić information content (AvgIpc) is 2.97. The van der Waals surface area contributed by atoms with Crippen LogP contribution in [-0.4, -0.2) is 41.1 Å². The summed E-state index contributed by atoms with van der Waals surface area (Å²) in [7, 11) is -3.91. The summed E-state index contributed by atoms with van der Waals surface area (Å²) in [5.74, 6) is -0.959. The Morgan fingerprint density at radius 2 is 1.58 bits per heavy atom. The second-order valence-corrected chi connectivity index (χ2v) is 10.3. The van der Waals surface area contributed by atoms with E-state index in [-0.39, 0.29) is 27.6 Å². The predicted octanol–water partition coefficient (Wildman–Crippen LogP) is 3.46. The fraction of sp³-hybridized carbons (Fsp3) is 0.364. The molecule has 9 nitrogen and oxygen atoms in total. The first-order valence-corrected chi connectivity index (χ1v) is 12.5. The van der Waals surface area contributed by atoms with E-state index in [1.165, 1.54) is 29.2 Å². The van der Waals surface area contributed by atoms with Gasteiger partial charge in [0.05, 0.1) is 4.90 Å². The molecule has 174 valence electrons.